The van der Waals surface area contributed by atoms with E-state index in [0.717, 1.165) is 24.0 Å². The van der Waals surface area contributed by atoms with Gasteiger partial charge in [0.25, 0.3) is 0 Å². The molecule has 0 aliphatic carbocycles. The zero-order valence-corrected chi connectivity index (χ0v) is 19.3. The molecule has 2 atom stereocenters. The number of carbonyl (C=O) groups is 2. The maximum absolute atomic E-state index is 13.5. The Morgan fingerprint density at radius 3 is 2.50 bits per heavy atom. The van der Waals surface area contributed by atoms with E-state index in [0.29, 0.717) is 6.54 Å². The molecule has 2 aromatic rings. The predicted molar refractivity (Wildman–Crippen MR) is 119 cm³/mol. The molecular weight excluding hydrogens is 399 g/mol. The first-order valence-corrected chi connectivity index (χ1v) is 11.4. The minimum atomic E-state index is -0.553. The van der Waals surface area contributed by atoms with Crippen molar-refractivity contribution in [1.29, 1.82) is 0 Å². The third-order valence-corrected chi connectivity index (χ3v) is 6.80. The van der Waals surface area contributed by atoms with Crippen molar-refractivity contribution in [3.8, 4) is 0 Å². The fourth-order valence-corrected chi connectivity index (χ4v) is 4.81. The van der Waals surface area contributed by atoms with Gasteiger partial charge >= 0.3 is 0 Å². The van der Waals surface area contributed by atoms with Gasteiger partial charge in [-0.3, -0.25) is 9.59 Å². The van der Waals surface area contributed by atoms with Gasteiger partial charge in [0, 0.05) is 22.9 Å². The molecule has 4 nitrogen and oxygen atoms in total. The maximum atomic E-state index is 13.5. The fourth-order valence-electron chi connectivity index (χ4n) is 3.91. The molecule has 30 heavy (non-hydrogen) atoms. The van der Waals surface area contributed by atoms with Crippen molar-refractivity contribution in [2.75, 3.05) is 13.1 Å². The largest absolute Gasteiger partial charge is 0.330 e. The van der Waals surface area contributed by atoms with Gasteiger partial charge in [-0.05, 0) is 54.5 Å². The number of hydrogen-bond donors (Lipinski definition) is 0. The van der Waals surface area contributed by atoms with E-state index in [1.54, 1.807) is 28.4 Å². The average molecular weight is 431 g/mol. The van der Waals surface area contributed by atoms with Gasteiger partial charge in [-0.1, -0.05) is 39.8 Å². The van der Waals surface area contributed by atoms with Crippen LogP contribution in [0, 0.1) is 11.2 Å². The zero-order valence-electron chi connectivity index (χ0n) is 18.4. The molecular formula is C24H31FN2O2S. The lowest BCUT2D eigenvalue weighted by Crippen LogP contribution is -2.51. The smallest absolute Gasteiger partial charge is 0.243 e. The molecule has 1 aromatic carbocycles. The van der Waals surface area contributed by atoms with Crippen LogP contribution in [0.4, 0.5) is 4.39 Å². The molecule has 0 bridgehead atoms. The number of carbonyl (C=O) groups excluding carboxylic acids is 2. The van der Waals surface area contributed by atoms with Gasteiger partial charge in [0.2, 0.25) is 11.8 Å². The summed E-state index contributed by atoms with van der Waals surface area (Å²) in [6.45, 7) is 10.3. The van der Waals surface area contributed by atoms with Crippen LogP contribution in [0.2, 0.25) is 0 Å². The second-order valence-corrected chi connectivity index (χ2v) is 10.0. The number of rotatable bonds is 5. The second kappa shape index (κ2) is 8.88. The van der Waals surface area contributed by atoms with E-state index < -0.39 is 5.41 Å². The summed E-state index contributed by atoms with van der Waals surface area (Å²) in [6.07, 6.45) is 1.58. The van der Waals surface area contributed by atoms with Gasteiger partial charge < -0.3 is 9.80 Å². The maximum Gasteiger partial charge on any atom is 0.243 e. The van der Waals surface area contributed by atoms with Crippen molar-refractivity contribution in [2.45, 2.75) is 59.5 Å². The van der Waals surface area contributed by atoms with E-state index in [2.05, 4.69) is 6.07 Å². The zero-order chi connectivity index (χ0) is 22.1. The molecule has 1 aromatic heterocycles. The third-order valence-electron chi connectivity index (χ3n) is 5.80. The summed E-state index contributed by atoms with van der Waals surface area (Å²) in [5.41, 5.74) is 1.44. The van der Waals surface area contributed by atoms with Gasteiger partial charge in [0.1, 0.15) is 12.4 Å². The van der Waals surface area contributed by atoms with Crippen LogP contribution in [0.25, 0.3) is 0 Å². The van der Waals surface area contributed by atoms with Crippen LogP contribution in [0.5, 0.6) is 0 Å². The molecule has 2 amide bonds. The SMILES string of the molecule is CC[C@@H](C)N(CC(=O)N1CCc2sccc2[C@H]1c1ccc(F)cc1)C(=O)C(C)(C)C. The Kier molecular flexibility index (Phi) is 6.65. The molecule has 0 spiro atoms. The van der Waals surface area contributed by atoms with E-state index in [1.807, 2.05) is 44.9 Å². The first kappa shape index (κ1) is 22.5. The topological polar surface area (TPSA) is 40.6 Å². The summed E-state index contributed by atoms with van der Waals surface area (Å²) in [7, 11) is 0. The lowest BCUT2D eigenvalue weighted by molar-refractivity contribution is -0.148. The number of thiophene rings is 1. The highest BCUT2D eigenvalue weighted by Gasteiger charge is 2.36. The molecule has 1 aliphatic heterocycles. The highest BCUT2D eigenvalue weighted by atomic mass is 32.1. The molecule has 0 saturated heterocycles. The van der Waals surface area contributed by atoms with Gasteiger partial charge in [0.15, 0.2) is 0 Å². The highest BCUT2D eigenvalue weighted by Crippen LogP contribution is 2.38. The van der Waals surface area contributed by atoms with Crippen LogP contribution in [-0.4, -0.2) is 40.7 Å². The Hall–Kier alpha value is -2.21. The molecule has 0 unspecified atom stereocenters. The number of halogens is 1. The van der Waals surface area contributed by atoms with Gasteiger partial charge in [-0.15, -0.1) is 11.3 Å². The summed E-state index contributed by atoms with van der Waals surface area (Å²) >= 11 is 1.69. The minimum Gasteiger partial charge on any atom is -0.330 e. The van der Waals surface area contributed by atoms with E-state index in [1.165, 1.54) is 17.0 Å². The summed E-state index contributed by atoms with van der Waals surface area (Å²) in [5.74, 6) is -0.382. The Bertz CT molecular complexity index is 901. The Morgan fingerprint density at radius 1 is 1.23 bits per heavy atom. The third kappa shape index (κ3) is 4.59. The summed E-state index contributed by atoms with van der Waals surface area (Å²) in [6, 6.07) is 8.16. The molecule has 1 aliphatic rings. The lowest BCUT2D eigenvalue weighted by Gasteiger charge is -2.39. The first-order valence-electron chi connectivity index (χ1n) is 10.6. The predicted octanol–water partition coefficient (Wildman–Crippen LogP) is 5.03. The molecule has 0 fully saturated rings. The quantitative estimate of drug-likeness (QED) is 0.667. The number of amides is 2. The van der Waals surface area contributed by atoms with Crippen LogP contribution < -0.4 is 0 Å². The van der Waals surface area contributed by atoms with Crippen molar-refractivity contribution in [3.63, 3.8) is 0 Å². The number of benzene rings is 1. The number of fused-ring (bicyclic) bond motifs is 1. The van der Waals surface area contributed by atoms with Crippen LogP contribution in [0.1, 0.15) is 63.1 Å². The standard InChI is InChI=1S/C24H31FN2O2S/c1-6-16(2)27(23(29)24(3,4)5)15-21(28)26-13-11-20-19(12-14-30-20)22(26)17-7-9-18(25)10-8-17/h7-10,12,14,16,22H,6,11,13,15H2,1-5H3/t16-,22-/m1/s1. The fraction of sp³-hybridized carbons (Fsp3) is 0.500. The van der Waals surface area contributed by atoms with Gasteiger partial charge in [0.05, 0.1) is 6.04 Å². The number of nitrogens with zero attached hydrogens (tertiary/aromatic N) is 2. The summed E-state index contributed by atoms with van der Waals surface area (Å²) < 4.78 is 13.5. The molecule has 0 N–H and O–H groups in total. The molecule has 2 heterocycles. The van der Waals surface area contributed by atoms with Crippen LogP contribution in [0.3, 0.4) is 0 Å². The van der Waals surface area contributed by atoms with E-state index in [4.69, 9.17) is 0 Å². The molecule has 162 valence electrons. The van der Waals surface area contributed by atoms with Crippen LogP contribution in [-0.2, 0) is 16.0 Å². The molecule has 3 rings (SSSR count). The van der Waals surface area contributed by atoms with Crippen molar-refractivity contribution in [3.05, 3.63) is 57.5 Å². The van der Waals surface area contributed by atoms with Crippen molar-refractivity contribution in [2.24, 2.45) is 5.41 Å². The van der Waals surface area contributed by atoms with E-state index >= 15 is 0 Å². The molecule has 0 radical (unpaired) electrons. The van der Waals surface area contributed by atoms with Gasteiger partial charge in [-0.25, -0.2) is 4.39 Å². The van der Waals surface area contributed by atoms with Crippen molar-refractivity contribution >= 4 is 23.2 Å². The van der Waals surface area contributed by atoms with E-state index in [9.17, 15) is 14.0 Å². The van der Waals surface area contributed by atoms with Crippen molar-refractivity contribution in [1.82, 2.24) is 9.80 Å². The number of hydrogen-bond acceptors (Lipinski definition) is 3. The molecule has 0 saturated carbocycles. The highest BCUT2D eigenvalue weighted by molar-refractivity contribution is 7.10. The normalized spacial score (nSPS) is 17.4. The minimum absolute atomic E-state index is 0.0169. The van der Waals surface area contributed by atoms with Crippen LogP contribution >= 0.6 is 11.3 Å². The second-order valence-electron chi connectivity index (χ2n) is 9.03. The summed E-state index contributed by atoms with van der Waals surface area (Å²) in [4.78, 5) is 31.4. The van der Waals surface area contributed by atoms with E-state index in [-0.39, 0.29) is 36.3 Å². The van der Waals surface area contributed by atoms with Gasteiger partial charge in [-0.2, -0.15) is 0 Å². The Morgan fingerprint density at radius 2 is 1.90 bits per heavy atom. The Labute approximate surface area is 182 Å². The first-order chi connectivity index (χ1) is 14.1. The van der Waals surface area contributed by atoms with Crippen LogP contribution in [0.15, 0.2) is 35.7 Å². The Balaban J connectivity index is 1.92. The summed E-state index contributed by atoms with van der Waals surface area (Å²) in [5, 5.41) is 2.05. The average Bonchev–Trinajstić information content (AvgIpc) is 3.19. The molecule has 6 heteroatoms. The monoisotopic (exact) mass is 430 g/mol. The lowest BCUT2D eigenvalue weighted by atomic mass is 9.92. The van der Waals surface area contributed by atoms with Crippen molar-refractivity contribution < 1.29 is 14.0 Å².